The summed E-state index contributed by atoms with van der Waals surface area (Å²) in [4.78, 5) is 53.5. The van der Waals surface area contributed by atoms with Crippen molar-refractivity contribution in [2.45, 2.75) is 6.92 Å². The van der Waals surface area contributed by atoms with E-state index in [1.54, 1.807) is 85.2 Å². The van der Waals surface area contributed by atoms with Gasteiger partial charge in [0.05, 0.1) is 11.4 Å². The van der Waals surface area contributed by atoms with Crippen LogP contribution in [0.25, 0.3) is 5.69 Å². The van der Waals surface area contributed by atoms with Gasteiger partial charge in [0.2, 0.25) is 0 Å². The molecule has 4 aromatic rings. The van der Waals surface area contributed by atoms with Crippen LogP contribution >= 0.6 is 0 Å². The lowest BCUT2D eigenvalue weighted by Gasteiger charge is -2.13. The monoisotopic (exact) mass is 467 g/mol. The summed E-state index contributed by atoms with van der Waals surface area (Å²) in [7, 11) is 0. The van der Waals surface area contributed by atoms with E-state index in [1.165, 1.54) is 10.6 Å². The van der Waals surface area contributed by atoms with E-state index in [0.717, 1.165) is 5.56 Å². The summed E-state index contributed by atoms with van der Waals surface area (Å²) in [6.07, 6.45) is 3.21. The Kier molecular flexibility index (Phi) is 6.78. The van der Waals surface area contributed by atoms with E-state index < -0.39 is 17.7 Å². The number of rotatable bonds is 5. The summed E-state index contributed by atoms with van der Waals surface area (Å²) in [6, 6.07) is 21.2. The van der Waals surface area contributed by atoms with Gasteiger partial charge in [-0.2, -0.15) is 0 Å². The number of nitrogens with zero attached hydrogens (tertiary/aromatic N) is 2. The zero-order valence-corrected chi connectivity index (χ0v) is 18.7. The van der Waals surface area contributed by atoms with Gasteiger partial charge in [-0.1, -0.05) is 24.3 Å². The molecule has 3 N–H and O–H groups in total. The standard InChI is InChI=1S/C26H21N5O4/c1-17-9-14-22(27-16-17)30-26(35)25(34)29-21-7-3-2-6-20(21)28-24(33)18-10-12-19(13-11-18)31-15-5-4-8-23(31)32/h2-16H,1H3,(H,28,33)(H,29,34)(H,27,30,35). The van der Waals surface area contributed by atoms with E-state index in [1.807, 2.05) is 6.92 Å². The fourth-order valence-corrected chi connectivity index (χ4v) is 3.20. The molecular formula is C26H21N5O4. The van der Waals surface area contributed by atoms with Gasteiger partial charge in [0.1, 0.15) is 5.82 Å². The summed E-state index contributed by atoms with van der Waals surface area (Å²) >= 11 is 0. The van der Waals surface area contributed by atoms with Gasteiger partial charge in [-0.15, -0.1) is 0 Å². The molecule has 9 heteroatoms. The van der Waals surface area contributed by atoms with E-state index in [2.05, 4.69) is 20.9 Å². The van der Waals surface area contributed by atoms with Crippen molar-refractivity contribution >= 4 is 34.9 Å². The second-order valence-electron chi connectivity index (χ2n) is 7.58. The lowest BCUT2D eigenvalue weighted by molar-refractivity contribution is -0.133. The average Bonchev–Trinajstić information content (AvgIpc) is 2.87. The molecule has 4 rings (SSSR count). The van der Waals surface area contributed by atoms with Gasteiger partial charge in [-0.05, 0) is 61.0 Å². The van der Waals surface area contributed by atoms with Gasteiger partial charge in [0.15, 0.2) is 0 Å². The van der Waals surface area contributed by atoms with Crippen molar-refractivity contribution in [2.24, 2.45) is 0 Å². The number of anilines is 3. The average molecular weight is 467 g/mol. The van der Waals surface area contributed by atoms with Crippen LogP contribution in [0.2, 0.25) is 0 Å². The first-order chi connectivity index (χ1) is 16.9. The number of aryl methyl sites for hydroxylation is 1. The van der Waals surface area contributed by atoms with Crippen LogP contribution in [-0.4, -0.2) is 27.3 Å². The van der Waals surface area contributed by atoms with Crippen LogP contribution in [0.1, 0.15) is 15.9 Å². The van der Waals surface area contributed by atoms with Crippen LogP contribution in [-0.2, 0) is 9.59 Å². The highest BCUT2D eigenvalue weighted by Gasteiger charge is 2.17. The lowest BCUT2D eigenvalue weighted by Crippen LogP contribution is -2.29. The zero-order valence-electron chi connectivity index (χ0n) is 18.7. The Labute approximate surface area is 200 Å². The summed E-state index contributed by atoms with van der Waals surface area (Å²) < 4.78 is 1.46. The number of amides is 3. The zero-order chi connectivity index (χ0) is 24.8. The molecule has 174 valence electrons. The Bertz CT molecular complexity index is 1440. The van der Waals surface area contributed by atoms with Gasteiger partial charge >= 0.3 is 11.8 Å². The molecule has 0 aliphatic rings. The van der Waals surface area contributed by atoms with Crippen molar-refractivity contribution in [3.8, 4) is 5.69 Å². The number of pyridine rings is 2. The van der Waals surface area contributed by atoms with Crippen molar-refractivity contribution in [2.75, 3.05) is 16.0 Å². The van der Waals surface area contributed by atoms with E-state index >= 15 is 0 Å². The van der Waals surface area contributed by atoms with Crippen molar-refractivity contribution < 1.29 is 14.4 Å². The summed E-state index contributed by atoms with van der Waals surface area (Å²) in [5, 5.41) is 7.66. The third-order valence-corrected chi connectivity index (χ3v) is 5.01. The molecule has 0 radical (unpaired) electrons. The highest BCUT2D eigenvalue weighted by atomic mass is 16.2. The molecule has 0 saturated carbocycles. The molecule has 9 nitrogen and oxygen atoms in total. The first kappa shape index (κ1) is 23.1. The number of carbonyl (C=O) groups is 3. The number of carbonyl (C=O) groups excluding carboxylic acids is 3. The molecular weight excluding hydrogens is 446 g/mol. The highest BCUT2D eigenvalue weighted by molar-refractivity contribution is 6.43. The number of benzene rings is 2. The molecule has 0 spiro atoms. The Morgan fingerprint density at radius 2 is 1.40 bits per heavy atom. The van der Waals surface area contributed by atoms with Gasteiger partial charge in [-0.25, -0.2) is 4.98 Å². The van der Waals surface area contributed by atoms with E-state index in [9.17, 15) is 19.2 Å². The summed E-state index contributed by atoms with van der Waals surface area (Å²) in [6.45, 7) is 1.86. The third-order valence-electron chi connectivity index (χ3n) is 5.01. The minimum absolute atomic E-state index is 0.184. The number of para-hydroxylation sites is 2. The fraction of sp³-hybridized carbons (Fsp3) is 0.0385. The number of aromatic nitrogens is 2. The summed E-state index contributed by atoms with van der Waals surface area (Å²) in [5.74, 6) is -1.98. The molecule has 0 fully saturated rings. The van der Waals surface area contributed by atoms with E-state index in [4.69, 9.17) is 0 Å². The second kappa shape index (κ2) is 10.3. The second-order valence-corrected chi connectivity index (χ2v) is 7.58. The predicted octanol–water partition coefficient (Wildman–Crippen LogP) is 3.37. The molecule has 3 amide bonds. The highest BCUT2D eigenvalue weighted by Crippen LogP contribution is 2.22. The topological polar surface area (TPSA) is 122 Å². The Hall–Kier alpha value is -5.05. The minimum Gasteiger partial charge on any atom is -0.320 e. The van der Waals surface area contributed by atoms with Crippen LogP contribution in [0.4, 0.5) is 17.2 Å². The first-order valence-electron chi connectivity index (χ1n) is 10.6. The molecule has 0 aliphatic heterocycles. The maximum Gasteiger partial charge on any atom is 0.315 e. The molecule has 35 heavy (non-hydrogen) atoms. The van der Waals surface area contributed by atoms with Crippen LogP contribution < -0.4 is 21.5 Å². The van der Waals surface area contributed by atoms with E-state index in [0.29, 0.717) is 16.9 Å². The molecule has 2 heterocycles. The lowest BCUT2D eigenvalue weighted by atomic mass is 10.1. The number of hydrogen-bond donors (Lipinski definition) is 3. The van der Waals surface area contributed by atoms with Gasteiger partial charge in [-0.3, -0.25) is 23.7 Å². The van der Waals surface area contributed by atoms with Crippen LogP contribution in [0.3, 0.4) is 0 Å². The van der Waals surface area contributed by atoms with Gasteiger partial charge in [0, 0.05) is 29.7 Å². The molecule has 0 atom stereocenters. The summed E-state index contributed by atoms with van der Waals surface area (Å²) in [5.41, 5.74) is 2.27. The Balaban J connectivity index is 1.44. The third kappa shape index (κ3) is 5.66. The van der Waals surface area contributed by atoms with Crippen molar-refractivity contribution in [1.82, 2.24) is 9.55 Å². The normalized spacial score (nSPS) is 10.3. The largest absolute Gasteiger partial charge is 0.320 e. The fourth-order valence-electron chi connectivity index (χ4n) is 3.20. The van der Waals surface area contributed by atoms with Crippen molar-refractivity contribution in [1.29, 1.82) is 0 Å². The maximum absolute atomic E-state index is 12.8. The molecule has 0 saturated heterocycles. The van der Waals surface area contributed by atoms with Crippen LogP contribution in [0, 0.1) is 6.92 Å². The van der Waals surface area contributed by atoms with Crippen molar-refractivity contribution in [3.05, 3.63) is 113 Å². The number of hydrogen-bond acceptors (Lipinski definition) is 5. The van der Waals surface area contributed by atoms with Gasteiger partial charge < -0.3 is 16.0 Å². The minimum atomic E-state index is -0.910. The molecule has 0 aliphatic carbocycles. The maximum atomic E-state index is 12.8. The molecule has 0 unspecified atom stereocenters. The predicted molar refractivity (Wildman–Crippen MR) is 133 cm³/mol. The Morgan fingerprint density at radius 3 is 2.06 bits per heavy atom. The van der Waals surface area contributed by atoms with E-state index in [-0.39, 0.29) is 17.1 Å². The van der Waals surface area contributed by atoms with Gasteiger partial charge in [0.25, 0.3) is 11.5 Å². The number of nitrogens with one attached hydrogen (secondary N) is 3. The van der Waals surface area contributed by atoms with Crippen LogP contribution in [0.15, 0.2) is 96.1 Å². The smallest absolute Gasteiger partial charge is 0.315 e. The first-order valence-corrected chi connectivity index (χ1v) is 10.6. The Morgan fingerprint density at radius 1 is 0.743 bits per heavy atom. The SMILES string of the molecule is Cc1ccc(NC(=O)C(=O)Nc2ccccc2NC(=O)c2ccc(-n3ccccc3=O)cc2)nc1. The van der Waals surface area contributed by atoms with Crippen LogP contribution in [0.5, 0.6) is 0 Å². The quantitative estimate of drug-likeness (QED) is 0.389. The molecule has 2 aromatic heterocycles. The van der Waals surface area contributed by atoms with Crippen molar-refractivity contribution in [3.63, 3.8) is 0 Å². The molecule has 2 aromatic carbocycles. The molecule has 0 bridgehead atoms.